The van der Waals surface area contributed by atoms with Crippen LogP contribution in [0.1, 0.15) is 19.3 Å². The van der Waals surface area contributed by atoms with E-state index in [1.165, 1.54) is 4.57 Å². The standard InChI is InChI=1S/C14H15N3O4/c18-12(15-16-13(19)9-5-6-9)7-8-17-10-3-1-2-4-11(10)21-14(17)20/h1-4,9H,5-8H2,(H,15,18)(H,16,19). The van der Waals surface area contributed by atoms with Crippen molar-refractivity contribution >= 4 is 22.9 Å². The molecule has 2 N–H and O–H groups in total. The predicted molar refractivity (Wildman–Crippen MR) is 74.1 cm³/mol. The summed E-state index contributed by atoms with van der Waals surface area (Å²) in [5.41, 5.74) is 5.87. The zero-order valence-corrected chi connectivity index (χ0v) is 11.3. The molecule has 3 rings (SSSR count). The first-order valence-electron chi connectivity index (χ1n) is 6.82. The lowest BCUT2D eigenvalue weighted by atomic mass is 10.3. The Kier molecular flexibility index (Phi) is 3.47. The van der Waals surface area contributed by atoms with E-state index >= 15 is 0 Å². The number of hydrogen-bond acceptors (Lipinski definition) is 4. The second kappa shape index (κ2) is 5.43. The summed E-state index contributed by atoms with van der Waals surface area (Å²) in [5, 5.41) is 0. The largest absolute Gasteiger partial charge is 0.419 e. The van der Waals surface area contributed by atoms with Crippen molar-refractivity contribution < 1.29 is 14.0 Å². The van der Waals surface area contributed by atoms with Gasteiger partial charge in [0, 0.05) is 18.9 Å². The average molecular weight is 289 g/mol. The molecule has 0 bridgehead atoms. The van der Waals surface area contributed by atoms with Crippen LogP contribution in [0.15, 0.2) is 33.5 Å². The van der Waals surface area contributed by atoms with E-state index in [9.17, 15) is 14.4 Å². The van der Waals surface area contributed by atoms with Gasteiger partial charge in [-0.15, -0.1) is 0 Å². The highest BCUT2D eigenvalue weighted by molar-refractivity contribution is 5.84. The van der Waals surface area contributed by atoms with Crippen molar-refractivity contribution in [3.63, 3.8) is 0 Å². The maximum absolute atomic E-state index is 11.7. The van der Waals surface area contributed by atoms with Crippen molar-refractivity contribution in [3.05, 3.63) is 34.8 Å². The number of para-hydroxylation sites is 2. The van der Waals surface area contributed by atoms with E-state index in [-0.39, 0.29) is 30.7 Å². The summed E-state index contributed by atoms with van der Waals surface area (Å²) in [5.74, 6) is -0.966. The van der Waals surface area contributed by atoms with Gasteiger partial charge in [0.05, 0.1) is 5.52 Å². The first-order valence-corrected chi connectivity index (χ1v) is 6.82. The molecule has 0 aliphatic heterocycles. The van der Waals surface area contributed by atoms with Gasteiger partial charge >= 0.3 is 5.76 Å². The van der Waals surface area contributed by atoms with Crippen LogP contribution in [0, 0.1) is 5.92 Å². The van der Waals surface area contributed by atoms with E-state index in [2.05, 4.69) is 10.9 Å². The SMILES string of the molecule is O=C(CCn1c(=O)oc2ccccc21)NNC(=O)C1CC1. The number of rotatable bonds is 4. The van der Waals surface area contributed by atoms with Crippen LogP contribution in [0.5, 0.6) is 0 Å². The van der Waals surface area contributed by atoms with E-state index in [1.807, 2.05) is 0 Å². The van der Waals surface area contributed by atoms with E-state index < -0.39 is 5.76 Å². The molecule has 0 spiro atoms. The molecule has 110 valence electrons. The van der Waals surface area contributed by atoms with Gasteiger partial charge in [-0.05, 0) is 25.0 Å². The Balaban J connectivity index is 1.58. The number of oxazole rings is 1. The van der Waals surface area contributed by atoms with Gasteiger partial charge in [0.15, 0.2) is 5.58 Å². The highest BCUT2D eigenvalue weighted by atomic mass is 16.4. The van der Waals surface area contributed by atoms with Crippen molar-refractivity contribution in [1.82, 2.24) is 15.4 Å². The van der Waals surface area contributed by atoms with Crippen molar-refractivity contribution in [3.8, 4) is 0 Å². The summed E-state index contributed by atoms with van der Waals surface area (Å²) < 4.78 is 6.48. The topological polar surface area (TPSA) is 93.3 Å². The van der Waals surface area contributed by atoms with Gasteiger partial charge < -0.3 is 4.42 Å². The molecule has 7 nitrogen and oxygen atoms in total. The molecule has 1 fully saturated rings. The first kappa shape index (κ1) is 13.4. The van der Waals surface area contributed by atoms with Crippen LogP contribution in [0.3, 0.4) is 0 Å². The molecule has 1 heterocycles. The number of hydrogen-bond donors (Lipinski definition) is 2. The third-order valence-corrected chi connectivity index (χ3v) is 3.41. The smallest absolute Gasteiger partial charge is 0.408 e. The highest BCUT2D eigenvalue weighted by Gasteiger charge is 2.29. The Morgan fingerprint density at radius 2 is 2.00 bits per heavy atom. The molecule has 1 aromatic carbocycles. The molecule has 1 aromatic heterocycles. The number of amides is 2. The van der Waals surface area contributed by atoms with Crippen molar-refractivity contribution in [2.75, 3.05) is 0 Å². The van der Waals surface area contributed by atoms with Crippen LogP contribution in [-0.2, 0) is 16.1 Å². The fourth-order valence-electron chi connectivity index (χ4n) is 2.08. The lowest BCUT2D eigenvalue weighted by Crippen LogP contribution is -2.42. The minimum absolute atomic E-state index is 0.0331. The van der Waals surface area contributed by atoms with Crippen molar-refractivity contribution in [2.45, 2.75) is 25.8 Å². The summed E-state index contributed by atoms with van der Waals surface area (Å²) in [6, 6.07) is 7.02. The Morgan fingerprint density at radius 3 is 2.76 bits per heavy atom. The number of carbonyl (C=O) groups excluding carboxylic acids is 2. The number of hydrazine groups is 1. The van der Waals surface area contributed by atoms with Gasteiger partial charge in [0.25, 0.3) is 0 Å². The third kappa shape index (κ3) is 2.96. The molecule has 0 unspecified atom stereocenters. The molecule has 1 aliphatic rings. The lowest BCUT2D eigenvalue weighted by Gasteiger charge is -2.06. The average Bonchev–Trinajstić information content (AvgIpc) is 3.27. The minimum atomic E-state index is -0.494. The molecular weight excluding hydrogens is 274 g/mol. The number of fused-ring (bicyclic) bond motifs is 1. The van der Waals surface area contributed by atoms with Gasteiger partial charge in [-0.1, -0.05) is 12.1 Å². The molecule has 0 saturated heterocycles. The molecular formula is C14H15N3O4. The fraction of sp³-hybridized carbons (Fsp3) is 0.357. The Labute approximate surface area is 119 Å². The molecule has 21 heavy (non-hydrogen) atoms. The number of aryl methyl sites for hydroxylation is 1. The molecule has 1 saturated carbocycles. The summed E-state index contributed by atoms with van der Waals surface area (Å²) in [6.45, 7) is 0.195. The van der Waals surface area contributed by atoms with E-state index in [0.29, 0.717) is 11.1 Å². The number of carbonyl (C=O) groups is 2. The maximum atomic E-state index is 11.7. The Hall–Kier alpha value is -2.57. The van der Waals surface area contributed by atoms with Crippen molar-refractivity contribution in [1.29, 1.82) is 0 Å². The van der Waals surface area contributed by atoms with Crippen LogP contribution >= 0.6 is 0 Å². The number of nitrogens with zero attached hydrogens (tertiary/aromatic N) is 1. The van der Waals surface area contributed by atoms with Crippen molar-refractivity contribution in [2.24, 2.45) is 5.92 Å². The zero-order valence-electron chi connectivity index (χ0n) is 11.3. The quantitative estimate of drug-likeness (QED) is 0.803. The molecule has 7 heteroatoms. The number of benzene rings is 1. The monoisotopic (exact) mass is 289 g/mol. The Morgan fingerprint density at radius 1 is 1.24 bits per heavy atom. The van der Waals surface area contributed by atoms with Gasteiger partial charge in [-0.25, -0.2) is 4.79 Å². The number of aromatic nitrogens is 1. The van der Waals surface area contributed by atoms with E-state index in [4.69, 9.17) is 4.42 Å². The normalized spacial score (nSPS) is 14.1. The predicted octanol–water partition coefficient (Wildman–Crippen LogP) is 0.542. The van der Waals surface area contributed by atoms with Crippen LogP contribution in [0.4, 0.5) is 0 Å². The summed E-state index contributed by atoms with van der Waals surface area (Å²) in [4.78, 5) is 34.7. The van der Waals surface area contributed by atoms with E-state index in [0.717, 1.165) is 12.8 Å². The highest BCUT2D eigenvalue weighted by Crippen LogP contribution is 2.28. The molecule has 2 amide bonds. The maximum Gasteiger partial charge on any atom is 0.419 e. The van der Waals surface area contributed by atoms with Gasteiger partial charge in [-0.3, -0.25) is 25.0 Å². The minimum Gasteiger partial charge on any atom is -0.408 e. The Bertz CT molecular complexity index is 742. The number of nitrogens with one attached hydrogen (secondary N) is 2. The van der Waals surface area contributed by atoms with Gasteiger partial charge in [0.2, 0.25) is 11.8 Å². The zero-order chi connectivity index (χ0) is 14.8. The fourth-order valence-corrected chi connectivity index (χ4v) is 2.08. The van der Waals surface area contributed by atoms with Crippen LogP contribution in [0.25, 0.3) is 11.1 Å². The third-order valence-electron chi connectivity index (χ3n) is 3.41. The van der Waals surface area contributed by atoms with Gasteiger partial charge in [0.1, 0.15) is 0 Å². The van der Waals surface area contributed by atoms with Crippen LogP contribution in [-0.4, -0.2) is 16.4 Å². The second-order valence-electron chi connectivity index (χ2n) is 5.05. The molecule has 0 atom stereocenters. The first-order chi connectivity index (χ1) is 10.1. The summed E-state index contributed by atoms with van der Waals surface area (Å²) in [6.07, 6.45) is 1.82. The second-order valence-corrected chi connectivity index (χ2v) is 5.05. The van der Waals surface area contributed by atoms with E-state index in [1.54, 1.807) is 24.3 Å². The van der Waals surface area contributed by atoms with Crippen LogP contribution < -0.4 is 16.6 Å². The summed E-state index contributed by atoms with van der Waals surface area (Å²) in [7, 11) is 0. The molecule has 1 aliphatic carbocycles. The van der Waals surface area contributed by atoms with Crippen LogP contribution in [0.2, 0.25) is 0 Å². The molecule has 2 aromatic rings. The summed E-state index contributed by atoms with van der Waals surface area (Å²) >= 11 is 0. The van der Waals surface area contributed by atoms with Gasteiger partial charge in [-0.2, -0.15) is 0 Å². The lowest BCUT2D eigenvalue weighted by molar-refractivity contribution is -0.129. The molecule has 0 radical (unpaired) electrons.